The van der Waals surface area contributed by atoms with E-state index in [9.17, 15) is 14.5 Å². The van der Waals surface area contributed by atoms with E-state index in [1.807, 2.05) is 0 Å². The molecular weight excluding hydrogens is 233 g/mol. The Kier molecular flexibility index (Phi) is 2.86. The molecule has 0 radical (unpaired) electrons. The maximum atomic E-state index is 12.8. The molecule has 1 N–H and O–H groups in total. The summed E-state index contributed by atoms with van der Waals surface area (Å²) in [4.78, 5) is 17.2. The molecular formula is C9H6FN3O2S. The molecule has 0 bridgehead atoms. The quantitative estimate of drug-likeness (QED) is 0.660. The molecule has 0 saturated carbocycles. The monoisotopic (exact) mass is 239 g/mol. The summed E-state index contributed by atoms with van der Waals surface area (Å²) in [5, 5.41) is 11.2. The largest absolute Gasteiger partial charge is 0.339 e. The predicted octanol–water partition coefficient (Wildman–Crippen LogP) is 2.61. The van der Waals surface area contributed by atoms with Gasteiger partial charge in [-0.05, 0) is 23.9 Å². The zero-order valence-electron chi connectivity index (χ0n) is 7.88. The lowest BCUT2D eigenvalue weighted by Crippen LogP contribution is -1.92. The Hall–Kier alpha value is -1.89. The summed E-state index contributed by atoms with van der Waals surface area (Å²) in [5.41, 5.74) is -0.263. The normalized spacial score (nSPS) is 10.3. The number of nitrogens with one attached hydrogen (secondary N) is 1. The van der Waals surface area contributed by atoms with Gasteiger partial charge in [-0.1, -0.05) is 0 Å². The Morgan fingerprint density at radius 1 is 1.50 bits per heavy atom. The molecule has 0 saturated heterocycles. The third-order valence-electron chi connectivity index (χ3n) is 1.80. The molecule has 16 heavy (non-hydrogen) atoms. The number of halogens is 1. The average Bonchev–Trinajstić information content (AvgIpc) is 2.73. The molecule has 7 heteroatoms. The first-order valence-corrected chi connectivity index (χ1v) is 5.09. The van der Waals surface area contributed by atoms with E-state index in [1.54, 1.807) is 6.20 Å². The van der Waals surface area contributed by atoms with Crippen molar-refractivity contribution in [2.45, 2.75) is 10.1 Å². The van der Waals surface area contributed by atoms with Crippen molar-refractivity contribution < 1.29 is 9.31 Å². The van der Waals surface area contributed by atoms with Crippen molar-refractivity contribution in [3.63, 3.8) is 0 Å². The number of H-pyrrole nitrogens is 1. The van der Waals surface area contributed by atoms with Crippen LogP contribution >= 0.6 is 11.8 Å². The van der Waals surface area contributed by atoms with Gasteiger partial charge in [0, 0.05) is 12.4 Å². The van der Waals surface area contributed by atoms with Gasteiger partial charge in [-0.2, -0.15) is 0 Å². The Balaban J connectivity index is 2.36. The van der Waals surface area contributed by atoms with Gasteiger partial charge in [0.1, 0.15) is 5.82 Å². The Bertz CT molecular complexity index is 515. The number of nitrogens with zero attached hydrogens (tertiary/aromatic N) is 2. The fourth-order valence-electron chi connectivity index (χ4n) is 1.13. The SMILES string of the molecule is O=[N+]([O-])c1cc(F)ccc1Sc1ncc[nH]1. The van der Waals surface area contributed by atoms with Gasteiger partial charge in [0.25, 0.3) is 5.69 Å². The molecule has 0 aliphatic carbocycles. The summed E-state index contributed by atoms with van der Waals surface area (Å²) >= 11 is 1.08. The van der Waals surface area contributed by atoms with E-state index in [0.717, 1.165) is 17.8 Å². The van der Waals surface area contributed by atoms with Crippen LogP contribution in [0, 0.1) is 15.9 Å². The van der Waals surface area contributed by atoms with Crippen LogP contribution in [0.15, 0.2) is 40.6 Å². The molecule has 1 aromatic heterocycles. The van der Waals surface area contributed by atoms with Crippen molar-refractivity contribution in [3.05, 3.63) is 46.5 Å². The summed E-state index contributed by atoms with van der Waals surface area (Å²) in [6, 6.07) is 3.43. The number of aromatic nitrogens is 2. The Labute approximate surface area is 93.9 Å². The molecule has 2 rings (SSSR count). The number of hydrogen-bond donors (Lipinski definition) is 1. The molecule has 5 nitrogen and oxygen atoms in total. The molecule has 0 fully saturated rings. The lowest BCUT2D eigenvalue weighted by molar-refractivity contribution is -0.387. The van der Waals surface area contributed by atoms with Crippen molar-refractivity contribution in [1.82, 2.24) is 9.97 Å². The molecule has 0 spiro atoms. The van der Waals surface area contributed by atoms with Crippen LogP contribution in [0.1, 0.15) is 0 Å². The first-order chi connectivity index (χ1) is 7.66. The zero-order valence-corrected chi connectivity index (χ0v) is 8.70. The molecule has 0 amide bonds. The topological polar surface area (TPSA) is 71.8 Å². The molecule has 0 unspecified atom stereocenters. The van der Waals surface area contributed by atoms with Crippen LogP contribution in [-0.4, -0.2) is 14.9 Å². The van der Waals surface area contributed by atoms with E-state index in [4.69, 9.17) is 0 Å². The van der Waals surface area contributed by atoms with E-state index in [0.29, 0.717) is 10.1 Å². The van der Waals surface area contributed by atoms with Crippen LogP contribution in [-0.2, 0) is 0 Å². The summed E-state index contributed by atoms with van der Waals surface area (Å²) in [5.74, 6) is -0.629. The molecule has 2 aromatic rings. The second-order valence-electron chi connectivity index (χ2n) is 2.87. The number of aromatic amines is 1. The number of hydrogen-bond acceptors (Lipinski definition) is 4. The van der Waals surface area contributed by atoms with Gasteiger partial charge in [-0.15, -0.1) is 0 Å². The maximum Gasteiger partial charge on any atom is 0.286 e. The van der Waals surface area contributed by atoms with E-state index >= 15 is 0 Å². The number of benzene rings is 1. The predicted molar refractivity (Wildman–Crippen MR) is 55.8 cm³/mol. The minimum Gasteiger partial charge on any atom is -0.339 e. The summed E-state index contributed by atoms with van der Waals surface area (Å²) in [7, 11) is 0. The van der Waals surface area contributed by atoms with Crippen molar-refractivity contribution in [1.29, 1.82) is 0 Å². The molecule has 0 aliphatic rings. The van der Waals surface area contributed by atoms with Crippen LogP contribution in [0.2, 0.25) is 0 Å². The van der Waals surface area contributed by atoms with E-state index in [1.165, 1.54) is 18.3 Å². The van der Waals surface area contributed by atoms with Crippen LogP contribution < -0.4 is 0 Å². The van der Waals surface area contributed by atoms with E-state index in [-0.39, 0.29) is 5.69 Å². The van der Waals surface area contributed by atoms with Crippen LogP contribution in [0.25, 0.3) is 0 Å². The van der Waals surface area contributed by atoms with Gasteiger partial charge >= 0.3 is 0 Å². The van der Waals surface area contributed by atoms with Gasteiger partial charge < -0.3 is 4.98 Å². The molecule has 1 aromatic carbocycles. The van der Waals surface area contributed by atoms with Crippen molar-refractivity contribution >= 4 is 17.4 Å². The third kappa shape index (κ3) is 2.19. The lowest BCUT2D eigenvalue weighted by Gasteiger charge is -2.00. The van der Waals surface area contributed by atoms with Gasteiger partial charge in [-0.25, -0.2) is 9.37 Å². The third-order valence-corrected chi connectivity index (χ3v) is 2.78. The highest BCUT2D eigenvalue weighted by Crippen LogP contribution is 2.33. The van der Waals surface area contributed by atoms with Gasteiger partial charge in [0.15, 0.2) is 5.16 Å². The summed E-state index contributed by atoms with van der Waals surface area (Å²) < 4.78 is 12.8. The van der Waals surface area contributed by atoms with Crippen LogP contribution in [0.3, 0.4) is 0 Å². The molecule has 0 aliphatic heterocycles. The zero-order chi connectivity index (χ0) is 11.5. The Morgan fingerprint density at radius 2 is 2.31 bits per heavy atom. The standard InChI is InChI=1S/C9H6FN3O2S/c10-6-1-2-8(7(5-6)13(14)15)16-9-11-3-4-12-9/h1-5H,(H,11,12). The summed E-state index contributed by atoms with van der Waals surface area (Å²) in [6.07, 6.45) is 3.15. The fraction of sp³-hybridized carbons (Fsp3) is 0. The van der Waals surface area contributed by atoms with Gasteiger partial charge in [-0.3, -0.25) is 10.1 Å². The van der Waals surface area contributed by atoms with Gasteiger partial charge in [0.2, 0.25) is 0 Å². The highest BCUT2D eigenvalue weighted by molar-refractivity contribution is 7.99. The highest BCUT2D eigenvalue weighted by atomic mass is 32.2. The van der Waals surface area contributed by atoms with Crippen molar-refractivity contribution in [2.75, 3.05) is 0 Å². The van der Waals surface area contributed by atoms with E-state index < -0.39 is 10.7 Å². The average molecular weight is 239 g/mol. The number of rotatable bonds is 3. The summed E-state index contributed by atoms with van der Waals surface area (Å²) in [6.45, 7) is 0. The van der Waals surface area contributed by atoms with Gasteiger partial charge in [0.05, 0.1) is 15.9 Å². The first kappa shape index (κ1) is 10.6. The number of imidazole rings is 1. The van der Waals surface area contributed by atoms with E-state index in [2.05, 4.69) is 9.97 Å². The molecule has 0 atom stereocenters. The lowest BCUT2D eigenvalue weighted by atomic mass is 10.3. The van der Waals surface area contributed by atoms with Crippen LogP contribution in [0.5, 0.6) is 0 Å². The van der Waals surface area contributed by atoms with Crippen LogP contribution in [0.4, 0.5) is 10.1 Å². The minimum absolute atomic E-state index is 0.263. The molecule has 1 heterocycles. The van der Waals surface area contributed by atoms with Crippen molar-refractivity contribution in [3.8, 4) is 0 Å². The maximum absolute atomic E-state index is 12.8. The fourth-order valence-corrected chi connectivity index (χ4v) is 1.95. The number of nitro groups is 1. The number of nitro benzene ring substituents is 1. The highest BCUT2D eigenvalue weighted by Gasteiger charge is 2.16. The first-order valence-electron chi connectivity index (χ1n) is 4.28. The second-order valence-corrected chi connectivity index (χ2v) is 3.90. The van der Waals surface area contributed by atoms with Crippen molar-refractivity contribution in [2.24, 2.45) is 0 Å². The Morgan fingerprint density at radius 3 is 2.94 bits per heavy atom. The molecule has 82 valence electrons. The smallest absolute Gasteiger partial charge is 0.286 e. The minimum atomic E-state index is -0.629. The second kappa shape index (κ2) is 4.31.